The molecule has 4 heteroatoms. The number of hydrogen-bond acceptors (Lipinski definition) is 2. The Labute approximate surface area is 149 Å². The number of carbonyl (C=O) groups excluding carboxylic acids is 1. The first-order valence-corrected chi connectivity index (χ1v) is 8.57. The maximum Gasteiger partial charge on any atom is 0.254 e. The molecule has 1 aromatic heterocycles. The summed E-state index contributed by atoms with van der Waals surface area (Å²) < 4.78 is 1.55. The van der Waals surface area contributed by atoms with Gasteiger partial charge in [-0.3, -0.25) is 9.59 Å². The molecule has 2 aromatic rings. The van der Waals surface area contributed by atoms with Crippen molar-refractivity contribution in [2.45, 2.75) is 39.8 Å². The third kappa shape index (κ3) is 4.69. The zero-order chi connectivity index (χ0) is 18.6. The Kier molecular flexibility index (Phi) is 5.97. The van der Waals surface area contributed by atoms with Crippen LogP contribution in [0.1, 0.15) is 49.2 Å². The molecule has 4 nitrogen and oxygen atoms in total. The van der Waals surface area contributed by atoms with Crippen molar-refractivity contribution in [3.05, 3.63) is 69.6 Å². The molecule has 0 N–H and O–H groups in total. The van der Waals surface area contributed by atoms with Crippen molar-refractivity contribution >= 4 is 18.1 Å². The summed E-state index contributed by atoms with van der Waals surface area (Å²) in [5.74, 6) is 0.0542. The van der Waals surface area contributed by atoms with Crippen LogP contribution in [0.15, 0.2) is 47.4 Å². The number of pyridine rings is 1. The van der Waals surface area contributed by atoms with Gasteiger partial charge in [-0.15, -0.1) is 0 Å². The van der Waals surface area contributed by atoms with Crippen LogP contribution >= 0.6 is 0 Å². The maximum absolute atomic E-state index is 12.7. The number of hydrogen-bond donors (Lipinski definition) is 0. The largest absolute Gasteiger partial charge is 0.334 e. The quantitative estimate of drug-likeness (QED) is 0.832. The van der Waals surface area contributed by atoms with Crippen molar-refractivity contribution in [2.75, 3.05) is 0 Å². The molecule has 0 radical (unpaired) electrons. The molecular weight excluding hydrogens is 312 g/mol. The van der Waals surface area contributed by atoms with E-state index in [1.165, 1.54) is 0 Å². The van der Waals surface area contributed by atoms with E-state index in [-0.39, 0.29) is 23.6 Å². The lowest BCUT2D eigenvalue weighted by Gasteiger charge is -2.30. The van der Waals surface area contributed by atoms with Crippen LogP contribution in [-0.2, 0) is 7.05 Å². The lowest BCUT2D eigenvalue weighted by atomic mass is 10.1. The molecule has 25 heavy (non-hydrogen) atoms. The summed E-state index contributed by atoms with van der Waals surface area (Å²) in [6.45, 7) is 8.12. The lowest BCUT2D eigenvalue weighted by Crippen LogP contribution is -2.42. The highest BCUT2D eigenvalue weighted by molar-refractivity contribution is 5.94. The predicted octanol–water partition coefficient (Wildman–Crippen LogP) is 3.81. The zero-order valence-corrected chi connectivity index (χ0v) is 15.6. The minimum Gasteiger partial charge on any atom is -0.334 e. The molecule has 1 aromatic carbocycles. The number of amides is 1. The Morgan fingerprint density at radius 3 is 1.96 bits per heavy atom. The smallest absolute Gasteiger partial charge is 0.254 e. The van der Waals surface area contributed by atoms with Crippen LogP contribution in [0, 0.1) is 0 Å². The summed E-state index contributed by atoms with van der Waals surface area (Å²) in [5.41, 5.74) is 2.63. The normalized spacial score (nSPS) is 11.5. The fourth-order valence-corrected chi connectivity index (χ4v) is 2.86. The standard InChI is InChI=1S/C21H26N2O2/c1-15(2)23(16(3)4)21(25)19-11-8-17(9-12-19)6-7-18-10-13-20(24)22(5)14-18/h6-16H,1-5H3/b7-6-. The zero-order valence-electron chi connectivity index (χ0n) is 15.6. The van der Waals surface area contributed by atoms with Gasteiger partial charge in [0.25, 0.3) is 5.91 Å². The lowest BCUT2D eigenvalue weighted by molar-refractivity contribution is 0.0643. The second-order valence-electron chi connectivity index (χ2n) is 6.77. The SMILES string of the molecule is CC(C)N(C(=O)c1ccc(/C=C\c2ccc(=O)n(C)c2)cc1)C(C)C. The molecule has 0 bridgehead atoms. The minimum atomic E-state index is -0.0279. The van der Waals surface area contributed by atoms with Gasteiger partial charge < -0.3 is 9.47 Å². The molecule has 0 atom stereocenters. The Hall–Kier alpha value is -2.62. The van der Waals surface area contributed by atoms with E-state index in [0.717, 1.165) is 11.1 Å². The van der Waals surface area contributed by atoms with Crippen LogP contribution in [0.25, 0.3) is 12.2 Å². The second-order valence-corrected chi connectivity index (χ2v) is 6.77. The molecule has 0 aliphatic carbocycles. The van der Waals surface area contributed by atoms with E-state index in [0.29, 0.717) is 5.56 Å². The number of carbonyl (C=O) groups is 1. The van der Waals surface area contributed by atoms with Gasteiger partial charge >= 0.3 is 0 Å². The molecular formula is C21H26N2O2. The Morgan fingerprint density at radius 2 is 1.44 bits per heavy atom. The monoisotopic (exact) mass is 338 g/mol. The minimum absolute atomic E-state index is 0.0279. The van der Waals surface area contributed by atoms with Gasteiger partial charge in [0.05, 0.1) is 0 Å². The Balaban J connectivity index is 2.16. The van der Waals surface area contributed by atoms with Crippen molar-refractivity contribution in [2.24, 2.45) is 7.05 Å². The fraction of sp³-hybridized carbons (Fsp3) is 0.333. The van der Waals surface area contributed by atoms with Crippen LogP contribution in [0.3, 0.4) is 0 Å². The summed E-state index contributed by atoms with van der Waals surface area (Å²) in [4.78, 5) is 25.9. The third-order valence-corrected chi connectivity index (χ3v) is 4.08. The van der Waals surface area contributed by atoms with Crippen LogP contribution in [0.4, 0.5) is 0 Å². The Morgan fingerprint density at radius 1 is 0.920 bits per heavy atom. The molecule has 0 saturated carbocycles. The number of aromatic nitrogens is 1. The van der Waals surface area contributed by atoms with Gasteiger partial charge in [-0.25, -0.2) is 0 Å². The van der Waals surface area contributed by atoms with Gasteiger partial charge in [0.15, 0.2) is 0 Å². The van der Waals surface area contributed by atoms with E-state index >= 15 is 0 Å². The molecule has 132 valence electrons. The van der Waals surface area contributed by atoms with Gasteiger partial charge in [0, 0.05) is 37.0 Å². The van der Waals surface area contributed by atoms with Crippen molar-refractivity contribution in [1.82, 2.24) is 9.47 Å². The Bertz CT molecular complexity index is 807. The molecule has 0 fully saturated rings. The average Bonchev–Trinajstić information content (AvgIpc) is 2.55. The van der Waals surface area contributed by atoms with E-state index in [2.05, 4.69) is 0 Å². The molecule has 0 unspecified atom stereocenters. The highest BCUT2D eigenvalue weighted by Gasteiger charge is 2.21. The summed E-state index contributed by atoms with van der Waals surface area (Å²) in [6, 6.07) is 11.3. The van der Waals surface area contributed by atoms with Crippen molar-refractivity contribution in [1.29, 1.82) is 0 Å². The van der Waals surface area contributed by atoms with E-state index in [9.17, 15) is 9.59 Å². The van der Waals surface area contributed by atoms with E-state index in [1.54, 1.807) is 29.9 Å². The maximum atomic E-state index is 12.7. The molecule has 0 spiro atoms. The highest BCUT2D eigenvalue weighted by Crippen LogP contribution is 2.14. The topological polar surface area (TPSA) is 42.3 Å². The molecule has 0 saturated heterocycles. The predicted molar refractivity (Wildman–Crippen MR) is 103 cm³/mol. The van der Waals surface area contributed by atoms with Crippen LogP contribution in [0.5, 0.6) is 0 Å². The molecule has 0 aliphatic rings. The molecule has 2 rings (SSSR count). The summed E-state index contributed by atoms with van der Waals surface area (Å²) in [7, 11) is 1.73. The molecule has 1 amide bonds. The van der Waals surface area contributed by atoms with Gasteiger partial charge in [-0.1, -0.05) is 24.3 Å². The number of nitrogens with zero attached hydrogens (tertiary/aromatic N) is 2. The summed E-state index contributed by atoms with van der Waals surface area (Å²) in [6.07, 6.45) is 5.71. The van der Waals surface area contributed by atoms with Crippen LogP contribution in [-0.4, -0.2) is 27.5 Å². The van der Waals surface area contributed by atoms with Crippen molar-refractivity contribution < 1.29 is 4.79 Å². The summed E-state index contributed by atoms with van der Waals surface area (Å²) in [5, 5.41) is 0. The molecule has 1 heterocycles. The van der Waals surface area contributed by atoms with Crippen molar-refractivity contribution in [3.8, 4) is 0 Å². The van der Waals surface area contributed by atoms with Crippen molar-refractivity contribution in [3.63, 3.8) is 0 Å². The number of benzene rings is 1. The number of rotatable bonds is 5. The average molecular weight is 338 g/mol. The fourth-order valence-electron chi connectivity index (χ4n) is 2.86. The van der Waals surface area contributed by atoms with Gasteiger partial charge in [-0.2, -0.15) is 0 Å². The van der Waals surface area contributed by atoms with Gasteiger partial charge in [-0.05, 0) is 57.0 Å². The molecule has 0 aliphatic heterocycles. The van der Waals surface area contributed by atoms with Crippen LogP contribution < -0.4 is 5.56 Å². The first-order valence-electron chi connectivity index (χ1n) is 8.57. The number of aryl methyl sites for hydroxylation is 1. The van der Waals surface area contributed by atoms with E-state index < -0.39 is 0 Å². The van der Waals surface area contributed by atoms with E-state index in [4.69, 9.17) is 0 Å². The third-order valence-electron chi connectivity index (χ3n) is 4.08. The highest BCUT2D eigenvalue weighted by atomic mass is 16.2. The summed E-state index contributed by atoms with van der Waals surface area (Å²) >= 11 is 0. The second kappa shape index (κ2) is 7.97. The van der Waals surface area contributed by atoms with Gasteiger partial charge in [0.2, 0.25) is 5.56 Å². The van der Waals surface area contributed by atoms with E-state index in [1.807, 2.05) is 69.0 Å². The van der Waals surface area contributed by atoms with Gasteiger partial charge in [0.1, 0.15) is 0 Å². The first-order chi connectivity index (χ1) is 11.8. The van der Waals surface area contributed by atoms with Crippen LogP contribution in [0.2, 0.25) is 0 Å². The first kappa shape index (κ1) is 18.7.